The Bertz CT molecular complexity index is 1140. The second-order valence-corrected chi connectivity index (χ2v) is 8.58. The standard InChI is InChI=1S/C23H24ClFN4O2S/c1-5-10-29-22(16(4)31-20-9-7-17(25)12-18(20)24)27-28-23(29)32-13-21(30)26-19-8-6-14(2)11-15(19)3/h5-9,11-12,16H,1,10,13H2,2-4H3,(H,26,30). The Kier molecular flexibility index (Phi) is 7.93. The van der Waals surface area contributed by atoms with Gasteiger partial charge in [0.05, 0.1) is 10.8 Å². The SMILES string of the molecule is C=CCn1c(SCC(=O)Nc2ccc(C)cc2C)nnc1C(C)Oc1ccc(F)cc1Cl. The predicted octanol–water partition coefficient (Wildman–Crippen LogP) is 5.74. The fourth-order valence-electron chi connectivity index (χ4n) is 3.09. The number of ether oxygens (including phenoxy) is 1. The number of benzene rings is 2. The highest BCUT2D eigenvalue weighted by atomic mass is 35.5. The molecule has 1 amide bonds. The lowest BCUT2D eigenvalue weighted by Crippen LogP contribution is -2.16. The van der Waals surface area contributed by atoms with Gasteiger partial charge in [-0.15, -0.1) is 16.8 Å². The molecular weight excluding hydrogens is 451 g/mol. The van der Waals surface area contributed by atoms with Crippen molar-refractivity contribution in [2.24, 2.45) is 0 Å². The number of anilines is 1. The molecule has 9 heteroatoms. The van der Waals surface area contributed by atoms with Crippen LogP contribution in [-0.4, -0.2) is 26.4 Å². The maximum atomic E-state index is 13.3. The molecule has 32 heavy (non-hydrogen) atoms. The smallest absolute Gasteiger partial charge is 0.234 e. The van der Waals surface area contributed by atoms with Gasteiger partial charge in [-0.05, 0) is 50.6 Å². The molecule has 0 saturated carbocycles. The van der Waals surface area contributed by atoms with Crippen molar-refractivity contribution in [2.45, 2.75) is 38.6 Å². The minimum atomic E-state index is -0.510. The summed E-state index contributed by atoms with van der Waals surface area (Å²) in [5.74, 6) is 0.474. The first-order valence-corrected chi connectivity index (χ1v) is 11.3. The molecule has 3 rings (SSSR count). The Balaban J connectivity index is 1.69. The molecule has 0 bridgehead atoms. The number of hydrogen-bond donors (Lipinski definition) is 1. The first-order chi connectivity index (χ1) is 15.3. The Hall–Kier alpha value is -2.84. The van der Waals surface area contributed by atoms with E-state index in [2.05, 4.69) is 22.1 Å². The van der Waals surface area contributed by atoms with Crippen molar-refractivity contribution >= 4 is 35.0 Å². The Morgan fingerprint density at radius 1 is 1.31 bits per heavy atom. The van der Waals surface area contributed by atoms with E-state index in [0.29, 0.717) is 23.3 Å². The molecule has 3 aromatic rings. The topological polar surface area (TPSA) is 69.0 Å². The first kappa shape index (κ1) is 23.8. The van der Waals surface area contributed by atoms with Crippen molar-refractivity contribution in [2.75, 3.05) is 11.1 Å². The zero-order valence-corrected chi connectivity index (χ0v) is 19.6. The average molecular weight is 475 g/mol. The number of nitrogens with zero attached hydrogens (tertiary/aromatic N) is 3. The van der Waals surface area contributed by atoms with Gasteiger partial charge in [0.15, 0.2) is 17.1 Å². The fraction of sp³-hybridized carbons (Fsp3) is 0.261. The van der Waals surface area contributed by atoms with Crippen molar-refractivity contribution < 1.29 is 13.9 Å². The molecule has 1 aromatic heterocycles. The maximum absolute atomic E-state index is 13.3. The summed E-state index contributed by atoms with van der Waals surface area (Å²) in [4.78, 5) is 12.5. The largest absolute Gasteiger partial charge is 0.481 e. The zero-order chi connectivity index (χ0) is 23.3. The molecule has 168 valence electrons. The third-order valence-corrected chi connectivity index (χ3v) is 5.87. The van der Waals surface area contributed by atoms with Crippen LogP contribution < -0.4 is 10.1 Å². The number of hydrogen-bond acceptors (Lipinski definition) is 5. The monoisotopic (exact) mass is 474 g/mol. The lowest BCUT2D eigenvalue weighted by Gasteiger charge is -2.16. The van der Waals surface area contributed by atoms with Gasteiger partial charge in [0.1, 0.15) is 11.6 Å². The highest BCUT2D eigenvalue weighted by Gasteiger charge is 2.21. The highest BCUT2D eigenvalue weighted by molar-refractivity contribution is 7.99. The summed E-state index contributed by atoms with van der Waals surface area (Å²) in [7, 11) is 0. The van der Waals surface area contributed by atoms with Crippen molar-refractivity contribution in [3.05, 3.63) is 76.8 Å². The van der Waals surface area contributed by atoms with Crippen LogP contribution in [0.1, 0.15) is 30.0 Å². The van der Waals surface area contributed by atoms with Gasteiger partial charge in [0.25, 0.3) is 0 Å². The summed E-state index contributed by atoms with van der Waals surface area (Å²) in [5, 5.41) is 12.1. The van der Waals surface area contributed by atoms with Crippen LogP contribution in [0.4, 0.5) is 10.1 Å². The normalized spacial score (nSPS) is 11.8. The summed E-state index contributed by atoms with van der Waals surface area (Å²) in [6.45, 7) is 9.98. The molecule has 0 radical (unpaired) electrons. The van der Waals surface area contributed by atoms with Crippen molar-refractivity contribution in [3.63, 3.8) is 0 Å². The average Bonchev–Trinajstić information content (AvgIpc) is 3.13. The summed E-state index contributed by atoms with van der Waals surface area (Å²) in [6.07, 6.45) is 1.20. The third-order valence-electron chi connectivity index (χ3n) is 4.61. The van der Waals surface area contributed by atoms with E-state index in [0.717, 1.165) is 16.8 Å². The van der Waals surface area contributed by atoms with Crippen molar-refractivity contribution in [3.8, 4) is 5.75 Å². The minimum Gasteiger partial charge on any atom is -0.481 e. The van der Waals surface area contributed by atoms with Gasteiger partial charge >= 0.3 is 0 Å². The first-order valence-electron chi connectivity index (χ1n) is 9.94. The quantitative estimate of drug-likeness (QED) is 0.316. The summed E-state index contributed by atoms with van der Waals surface area (Å²) in [6, 6.07) is 9.80. The van der Waals surface area contributed by atoms with Crippen LogP contribution >= 0.6 is 23.4 Å². The van der Waals surface area contributed by atoms with E-state index < -0.39 is 11.9 Å². The third kappa shape index (κ3) is 5.89. The molecule has 0 aliphatic heterocycles. The molecule has 0 aliphatic carbocycles. The number of aromatic nitrogens is 3. The number of halogens is 2. The number of allylic oxidation sites excluding steroid dienone is 1. The second-order valence-electron chi connectivity index (χ2n) is 7.23. The van der Waals surface area contributed by atoms with E-state index in [4.69, 9.17) is 16.3 Å². The number of carbonyl (C=O) groups excluding carboxylic acids is 1. The maximum Gasteiger partial charge on any atom is 0.234 e. The van der Waals surface area contributed by atoms with Crippen LogP contribution in [0.25, 0.3) is 0 Å². The van der Waals surface area contributed by atoms with Crippen molar-refractivity contribution in [1.82, 2.24) is 14.8 Å². The van der Waals surface area contributed by atoms with Crippen LogP contribution in [0.5, 0.6) is 5.75 Å². The van der Waals surface area contributed by atoms with Crippen molar-refractivity contribution in [1.29, 1.82) is 0 Å². The zero-order valence-electron chi connectivity index (χ0n) is 18.1. The Labute approximate surface area is 195 Å². The summed E-state index contributed by atoms with van der Waals surface area (Å²) >= 11 is 7.34. The van der Waals surface area contributed by atoms with E-state index in [-0.39, 0.29) is 16.7 Å². The number of nitrogens with one attached hydrogen (secondary N) is 1. The van der Waals surface area contributed by atoms with Crippen LogP contribution in [-0.2, 0) is 11.3 Å². The fourth-order valence-corrected chi connectivity index (χ4v) is 4.06. The molecule has 0 fully saturated rings. The van der Waals surface area contributed by atoms with Gasteiger partial charge in [-0.2, -0.15) is 0 Å². The molecule has 1 N–H and O–H groups in total. The minimum absolute atomic E-state index is 0.140. The molecule has 1 atom stereocenters. The van der Waals surface area contributed by atoms with Crippen LogP contribution in [0.3, 0.4) is 0 Å². The van der Waals surface area contributed by atoms with Gasteiger partial charge in [0.2, 0.25) is 5.91 Å². The number of rotatable bonds is 9. The van der Waals surface area contributed by atoms with Gasteiger partial charge in [-0.25, -0.2) is 4.39 Å². The van der Waals surface area contributed by atoms with E-state index >= 15 is 0 Å². The van der Waals surface area contributed by atoms with E-state index in [9.17, 15) is 9.18 Å². The molecular formula is C23H24ClFN4O2S. The van der Waals surface area contributed by atoms with Crippen LogP contribution in [0, 0.1) is 19.7 Å². The Morgan fingerprint density at radius 2 is 2.09 bits per heavy atom. The van der Waals surface area contributed by atoms with Gasteiger partial charge < -0.3 is 10.1 Å². The lowest BCUT2D eigenvalue weighted by atomic mass is 10.1. The summed E-state index contributed by atoms with van der Waals surface area (Å²) < 4.78 is 21.0. The lowest BCUT2D eigenvalue weighted by molar-refractivity contribution is -0.113. The summed E-state index contributed by atoms with van der Waals surface area (Å²) in [5.41, 5.74) is 2.93. The molecule has 0 aliphatic rings. The molecule has 6 nitrogen and oxygen atoms in total. The molecule has 1 unspecified atom stereocenters. The van der Waals surface area contributed by atoms with E-state index in [1.807, 2.05) is 36.6 Å². The molecule has 2 aromatic carbocycles. The van der Waals surface area contributed by atoms with E-state index in [1.165, 1.54) is 30.0 Å². The predicted molar refractivity (Wildman–Crippen MR) is 126 cm³/mol. The second kappa shape index (κ2) is 10.7. The van der Waals surface area contributed by atoms with Crippen LogP contribution in [0.15, 0.2) is 54.2 Å². The van der Waals surface area contributed by atoms with Gasteiger partial charge in [0, 0.05) is 12.2 Å². The number of aryl methyl sites for hydroxylation is 2. The molecule has 1 heterocycles. The van der Waals surface area contributed by atoms with E-state index in [1.54, 1.807) is 13.0 Å². The highest BCUT2D eigenvalue weighted by Crippen LogP contribution is 2.30. The molecule has 0 saturated heterocycles. The van der Waals surface area contributed by atoms with Crippen LogP contribution in [0.2, 0.25) is 5.02 Å². The number of carbonyl (C=O) groups is 1. The number of amides is 1. The van der Waals surface area contributed by atoms with Gasteiger partial charge in [-0.1, -0.05) is 47.1 Å². The number of thioether (sulfide) groups is 1. The Morgan fingerprint density at radius 3 is 2.78 bits per heavy atom. The molecule has 0 spiro atoms. The van der Waals surface area contributed by atoms with Gasteiger partial charge in [-0.3, -0.25) is 9.36 Å².